The van der Waals surface area contributed by atoms with Crippen LogP contribution in [0.15, 0.2) is 42.5 Å². The van der Waals surface area contributed by atoms with Crippen LogP contribution < -0.4 is 4.74 Å². The molecule has 0 aliphatic carbocycles. The Balaban J connectivity index is 1.51. The Morgan fingerprint density at radius 2 is 1.88 bits per heavy atom. The first-order chi connectivity index (χ1) is 15.3. The van der Waals surface area contributed by atoms with Crippen LogP contribution in [0.3, 0.4) is 0 Å². The number of fused-ring (bicyclic) bond motifs is 1. The fourth-order valence-electron chi connectivity index (χ4n) is 3.61. The van der Waals surface area contributed by atoms with E-state index in [1.54, 1.807) is 24.3 Å². The first kappa shape index (κ1) is 23.2. The molecule has 0 bridgehead atoms. The maximum absolute atomic E-state index is 13.0. The normalized spacial score (nSPS) is 12.8. The first-order valence-corrected chi connectivity index (χ1v) is 10.6. The number of hydrogen-bond donors (Lipinski definition) is 0. The molecule has 0 saturated carbocycles. The third-order valence-corrected chi connectivity index (χ3v) is 5.21. The highest BCUT2D eigenvalue weighted by Crippen LogP contribution is 2.24. The van der Waals surface area contributed by atoms with Crippen molar-refractivity contribution in [1.29, 1.82) is 0 Å². The maximum atomic E-state index is 13.0. The summed E-state index contributed by atoms with van der Waals surface area (Å²) >= 11 is 0. The molecule has 0 radical (unpaired) electrons. The lowest BCUT2D eigenvalue weighted by molar-refractivity contribution is -0.196. The van der Waals surface area contributed by atoms with Gasteiger partial charge in [-0.3, -0.25) is 14.4 Å². The number of ether oxygens (including phenoxy) is 1. The second-order valence-corrected chi connectivity index (χ2v) is 7.64. The quantitative estimate of drug-likeness (QED) is 0.587. The maximum Gasteiger partial charge on any atom is 0.329 e. The first-order valence-electron chi connectivity index (χ1n) is 10.6. The number of nitrogens with zero attached hydrogens (tertiary/aromatic N) is 2. The van der Waals surface area contributed by atoms with Gasteiger partial charge in [0, 0.05) is 32.5 Å². The average molecular weight is 442 g/mol. The van der Waals surface area contributed by atoms with E-state index in [2.05, 4.69) is 0 Å². The third kappa shape index (κ3) is 6.29. The van der Waals surface area contributed by atoms with Crippen molar-refractivity contribution in [2.45, 2.75) is 33.1 Å². The van der Waals surface area contributed by atoms with Crippen molar-refractivity contribution in [2.75, 3.05) is 26.2 Å². The van der Waals surface area contributed by atoms with E-state index in [0.29, 0.717) is 24.4 Å². The summed E-state index contributed by atoms with van der Waals surface area (Å²) in [7, 11) is 0. The average Bonchev–Trinajstić information content (AvgIpc) is 2.75. The zero-order valence-electron chi connectivity index (χ0n) is 18.3. The van der Waals surface area contributed by atoms with Crippen molar-refractivity contribution < 1.29 is 28.3 Å². The number of halogens is 1. The van der Waals surface area contributed by atoms with Gasteiger partial charge in [0.2, 0.25) is 0 Å². The van der Waals surface area contributed by atoms with Gasteiger partial charge >= 0.3 is 5.97 Å². The molecular weight excluding hydrogens is 415 g/mol. The highest BCUT2D eigenvalue weighted by atomic mass is 19.1. The van der Waals surface area contributed by atoms with Gasteiger partial charge in [0.15, 0.2) is 0 Å². The summed E-state index contributed by atoms with van der Waals surface area (Å²) in [6.45, 7) is 4.05. The van der Waals surface area contributed by atoms with E-state index >= 15 is 0 Å². The fourth-order valence-corrected chi connectivity index (χ4v) is 3.61. The molecule has 1 aliphatic heterocycles. The number of aryl methyl sites for hydroxylation is 1. The van der Waals surface area contributed by atoms with Crippen molar-refractivity contribution >= 4 is 17.8 Å². The third-order valence-electron chi connectivity index (χ3n) is 5.21. The standard InChI is InChI=1S/C24H27FN2O5/c1-17(28)27(32-18(2)29)14-15-31-22-9-10-23-20(16-22)11-13-26(24(23)30)12-3-4-19-5-7-21(25)8-6-19/h5-10,16H,3-4,11-15H2,1-2H3. The minimum atomic E-state index is -0.574. The molecule has 2 aromatic rings. The number of hydrogen-bond acceptors (Lipinski definition) is 5. The summed E-state index contributed by atoms with van der Waals surface area (Å²) in [5, 5.41) is 0.952. The predicted octanol–water partition coefficient (Wildman–Crippen LogP) is 3.16. The van der Waals surface area contributed by atoms with Crippen LogP contribution in [0.1, 0.15) is 41.8 Å². The molecule has 8 heteroatoms. The molecule has 0 aromatic heterocycles. The van der Waals surface area contributed by atoms with Crippen LogP contribution in [0.2, 0.25) is 0 Å². The lowest BCUT2D eigenvalue weighted by atomic mass is 9.98. The van der Waals surface area contributed by atoms with E-state index in [0.717, 1.165) is 35.5 Å². The Bertz CT molecular complexity index is 977. The van der Waals surface area contributed by atoms with Crippen LogP contribution in [-0.2, 0) is 27.3 Å². The van der Waals surface area contributed by atoms with Gasteiger partial charge in [0.05, 0.1) is 6.54 Å². The zero-order valence-corrected chi connectivity index (χ0v) is 18.3. The summed E-state index contributed by atoms with van der Waals surface area (Å²) in [4.78, 5) is 42.1. The number of hydroxylamine groups is 2. The molecule has 0 unspecified atom stereocenters. The van der Waals surface area contributed by atoms with Crippen LogP contribution in [0, 0.1) is 5.82 Å². The molecule has 1 heterocycles. The van der Waals surface area contributed by atoms with Crippen molar-refractivity contribution in [3.8, 4) is 5.75 Å². The molecule has 0 fully saturated rings. The van der Waals surface area contributed by atoms with Gasteiger partial charge in [0.25, 0.3) is 11.8 Å². The molecule has 0 spiro atoms. The highest BCUT2D eigenvalue weighted by Gasteiger charge is 2.24. The molecule has 2 amide bonds. The number of carbonyl (C=O) groups excluding carboxylic acids is 3. The van der Waals surface area contributed by atoms with Crippen LogP contribution in [-0.4, -0.2) is 54.0 Å². The monoisotopic (exact) mass is 442 g/mol. The van der Waals surface area contributed by atoms with Crippen molar-refractivity contribution in [3.05, 3.63) is 65.0 Å². The summed E-state index contributed by atoms with van der Waals surface area (Å²) in [6, 6.07) is 11.8. The number of benzene rings is 2. The number of amides is 2. The molecule has 0 atom stereocenters. The van der Waals surface area contributed by atoms with Gasteiger partial charge in [-0.2, -0.15) is 5.06 Å². The number of rotatable bonds is 8. The number of carbonyl (C=O) groups is 3. The Morgan fingerprint density at radius 1 is 1.12 bits per heavy atom. The minimum absolute atomic E-state index is 0.00507. The SMILES string of the molecule is CC(=O)ON(CCOc1ccc2c(c1)CCN(CCCc1ccc(F)cc1)C2=O)C(C)=O. The van der Waals surface area contributed by atoms with E-state index in [-0.39, 0.29) is 30.8 Å². The Hall–Kier alpha value is -3.42. The topological polar surface area (TPSA) is 76.2 Å². The molecule has 2 aromatic carbocycles. The van der Waals surface area contributed by atoms with Gasteiger partial charge in [0.1, 0.15) is 18.2 Å². The molecular formula is C24H27FN2O5. The molecule has 170 valence electrons. The molecule has 0 saturated heterocycles. The lowest BCUT2D eigenvalue weighted by Gasteiger charge is -2.29. The molecule has 32 heavy (non-hydrogen) atoms. The molecule has 0 N–H and O–H groups in total. The van der Waals surface area contributed by atoms with E-state index in [1.165, 1.54) is 26.0 Å². The van der Waals surface area contributed by atoms with E-state index in [9.17, 15) is 18.8 Å². The van der Waals surface area contributed by atoms with Crippen LogP contribution in [0.5, 0.6) is 5.75 Å². The molecule has 3 rings (SSSR count). The second kappa shape index (κ2) is 10.7. The minimum Gasteiger partial charge on any atom is -0.492 e. The van der Waals surface area contributed by atoms with Crippen LogP contribution >= 0.6 is 0 Å². The van der Waals surface area contributed by atoms with Gasteiger partial charge < -0.3 is 14.5 Å². The lowest BCUT2D eigenvalue weighted by Crippen LogP contribution is -2.38. The summed E-state index contributed by atoms with van der Waals surface area (Å²) in [5.74, 6) is -0.628. The van der Waals surface area contributed by atoms with Crippen molar-refractivity contribution in [1.82, 2.24) is 9.96 Å². The van der Waals surface area contributed by atoms with Crippen molar-refractivity contribution in [2.24, 2.45) is 0 Å². The zero-order chi connectivity index (χ0) is 23.1. The Morgan fingerprint density at radius 3 is 2.56 bits per heavy atom. The van der Waals surface area contributed by atoms with Gasteiger partial charge in [-0.25, -0.2) is 4.39 Å². The Labute approximate surface area is 186 Å². The van der Waals surface area contributed by atoms with E-state index < -0.39 is 5.97 Å². The predicted molar refractivity (Wildman–Crippen MR) is 115 cm³/mol. The van der Waals surface area contributed by atoms with Crippen LogP contribution in [0.25, 0.3) is 0 Å². The highest BCUT2D eigenvalue weighted by molar-refractivity contribution is 5.97. The van der Waals surface area contributed by atoms with Crippen LogP contribution in [0.4, 0.5) is 4.39 Å². The summed E-state index contributed by atoms with van der Waals surface area (Å²) in [6.07, 6.45) is 2.32. The Kier molecular flexibility index (Phi) is 7.81. The van der Waals surface area contributed by atoms with E-state index in [1.807, 2.05) is 11.0 Å². The smallest absolute Gasteiger partial charge is 0.329 e. The van der Waals surface area contributed by atoms with E-state index in [4.69, 9.17) is 9.57 Å². The molecule has 1 aliphatic rings. The second-order valence-electron chi connectivity index (χ2n) is 7.64. The summed E-state index contributed by atoms with van der Waals surface area (Å²) in [5.41, 5.74) is 2.64. The largest absolute Gasteiger partial charge is 0.492 e. The van der Waals surface area contributed by atoms with Gasteiger partial charge in [-0.1, -0.05) is 12.1 Å². The molecule has 7 nitrogen and oxygen atoms in total. The fraction of sp³-hybridized carbons (Fsp3) is 0.375. The van der Waals surface area contributed by atoms with Gasteiger partial charge in [-0.15, -0.1) is 0 Å². The van der Waals surface area contributed by atoms with Crippen molar-refractivity contribution in [3.63, 3.8) is 0 Å². The summed E-state index contributed by atoms with van der Waals surface area (Å²) < 4.78 is 18.7. The van der Waals surface area contributed by atoms with Gasteiger partial charge in [-0.05, 0) is 60.7 Å².